The maximum Gasteiger partial charge on any atom is 0.159 e. The van der Waals surface area contributed by atoms with Gasteiger partial charge in [-0.3, -0.25) is 4.98 Å². The third-order valence-corrected chi connectivity index (χ3v) is 4.45. The van der Waals surface area contributed by atoms with Gasteiger partial charge in [0, 0.05) is 18.1 Å². The normalized spacial score (nSPS) is 18.2. The summed E-state index contributed by atoms with van der Waals surface area (Å²) in [5.41, 5.74) is 3.17. The van der Waals surface area contributed by atoms with E-state index in [-0.39, 0.29) is 12.6 Å². The number of ether oxygens (including phenoxy) is 1. The number of aromatic nitrogens is 3. The zero-order valence-electron chi connectivity index (χ0n) is 13.6. The van der Waals surface area contributed by atoms with Gasteiger partial charge in [-0.1, -0.05) is 17.7 Å². The Morgan fingerprint density at radius 1 is 1.25 bits per heavy atom. The number of hydrogen-bond donors (Lipinski definition) is 1. The quantitative estimate of drug-likeness (QED) is 0.797. The van der Waals surface area contributed by atoms with Crippen molar-refractivity contribution < 1.29 is 9.84 Å². The summed E-state index contributed by atoms with van der Waals surface area (Å²) < 4.78 is 7.41. The summed E-state index contributed by atoms with van der Waals surface area (Å²) in [5.74, 6) is 0.871. The predicted molar refractivity (Wildman–Crippen MR) is 92.6 cm³/mol. The highest BCUT2D eigenvalue weighted by atomic mass is 16.5. The van der Waals surface area contributed by atoms with Gasteiger partial charge in [0.25, 0.3) is 0 Å². The van der Waals surface area contributed by atoms with E-state index in [1.807, 2.05) is 16.9 Å². The fourth-order valence-corrected chi connectivity index (χ4v) is 3.13. The number of aryl methyl sites for hydroxylation is 1. The molecule has 0 aliphatic carbocycles. The van der Waals surface area contributed by atoms with Crippen LogP contribution in [0.3, 0.4) is 0 Å². The lowest BCUT2D eigenvalue weighted by Gasteiger charge is -2.34. The highest BCUT2D eigenvalue weighted by Gasteiger charge is 2.27. The van der Waals surface area contributed by atoms with E-state index in [1.165, 1.54) is 5.56 Å². The van der Waals surface area contributed by atoms with Crippen LogP contribution in [0.2, 0.25) is 0 Å². The second-order valence-electron chi connectivity index (χ2n) is 6.07. The van der Waals surface area contributed by atoms with E-state index in [1.54, 1.807) is 6.20 Å². The molecular formula is C18H20N4O2. The molecule has 1 saturated heterocycles. The molecule has 24 heavy (non-hydrogen) atoms. The van der Waals surface area contributed by atoms with E-state index in [0.29, 0.717) is 19.8 Å². The van der Waals surface area contributed by atoms with Gasteiger partial charge < -0.3 is 14.7 Å². The Morgan fingerprint density at radius 3 is 2.88 bits per heavy atom. The van der Waals surface area contributed by atoms with E-state index < -0.39 is 0 Å². The molecule has 1 fully saturated rings. The Labute approximate surface area is 140 Å². The molecule has 3 aromatic rings. The lowest BCUT2D eigenvalue weighted by atomic mass is 10.2. The molecule has 124 valence electrons. The van der Waals surface area contributed by atoms with Crippen LogP contribution in [0.4, 0.5) is 5.82 Å². The van der Waals surface area contributed by atoms with Crippen molar-refractivity contribution in [1.82, 2.24) is 14.8 Å². The summed E-state index contributed by atoms with van der Waals surface area (Å²) >= 11 is 0. The van der Waals surface area contributed by atoms with Gasteiger partial charge in [0.05, 0.1) is 43.3 Å². The second-order valence-corrected chi connectivity index (χ2v) is 6.07. The first-order valence-electron chi connectivity index (χ1n) is 8.13. The molecule has 6 heteroatoms. The van der Waals surface area contributed by atoms with Gasteiger partial charge in [0.2, 0.25) is 0 Å². The molecule has 0 saturated carbocycles. The van der Waals surface area contributed by atoms with Crippen molar-refractivity contribution in [1.29, 1.82) is 0 Å². The lowest BCUT2D eigenvalue weighted by molar-refractivity contribution is 0.0724. The molecule has 0 spiro atoms. The maximum absolute atomic E-state index is 9.68. The van der Waals surface area contributed by atoms with Crippen LogP contribution < -0.4 is 4.90 Å². The van der Waals surface area contributed by atoms with Crippen LogP contribution in [-0.2, 0) is 4.74 Å². The average molecular weight is 324 g/mol. The first-order chi connectivity index (χ1) is 11.8. The monoisotopic (exact) mass is 324 g/mol. The van der Waals surface area contributed by atoms with Gasteiger partial charge in [-0.2, -0.15) is 0 Å². The van der Waals surface area contributed by atoms with Gasteiger partial charge in [-0.25, -0.2) is 4.68 Å². The number of fused-ring (bicyclic) bond motifs is 1. The number of rotatable bonds is 3. The molecule has 6 nitrogen and oxygen atoms in total. The van der Waals surface area contributed by atoms with Crippen LogP contribution in [0.15, 0.2) is 42.7 Å². The smallest absolute Gasteiger partial charge is 0.159 e. The molecular weight excluding hydrogens is 304 g/mol. The van der Waals surface area contributed by atoms with Crippen molar-refractivity contribution in [3.8, 4) is 5.69 Å². The third-order valence-electron chi connectivity index (χ3n) is 4.45. The minimum atomic E-state index is -0.0727. The number of aliphatic hydroxyl groups is 1. The molecule has 1 atom stereocenters. The minimum absolute atomic E-state index is 0.0456. The fraction of sp³-hybridized carbons (Fsp3) is 0.333. The van der Waals surface area contributed by atoms with E-state index in [9.17, 15) is 5.11 Å². The Bertz CT molecular complexity index is 844. The summed E-state index contributed by atoms with van der Waals surface area (Å²) in [6.45, 7) is 3.98. The number of aliphatic hydroxyl groups excluding tert-OH is 1. The molecule has 2 aromatic heterocycles. The summed E-state index contributed by atoms with van der Waals surface area (Å²) in [6.07, 6.45) is 3.61. The van der Waals surface area contributed by atoms with Gasteiger partial charge in [0.1, 0.15) is 0 Å². The van der Waals surface area contributed by atoms with Crippen LogP contribution in [0.1, 0.15) is 5.56 Å². The molecule has 4 rings (SSSR count). The highest BCUT2D eigenvalue weighted by Crippen LogP contribution is 2.30. The molecule has 1 aromatic carbocycles. The van der Waals surface area contributed by atoms with Crippen LogP contribution in [0, 0.1) is 6.92 Å². The van der Waals surface area contributed by atoms with E-state index in [0.717, 1.165) is 22.4 Å². The Balaban J connectivity index is 1.86. The number of morpholine rings is 1. The predicted octanol–water partition coefficient (Wildman–Crippen LogP) is 1.93. The molecule has 1 aliphatic rings. The van der Waals surface area contributed by atoms with Gasteiger partial charge >= 0.3 is 0 Å². The van der Waals surface area contributed by atoms with Crippen LogP contribution >= 0.6 is 0 Å². The largest absolute Gasteiger partial charge is 0.394 e. The van der Waals surface area contributed by atoms with Crippen molar-refractivity contribution >= 4 is 16.7 Å². The maximum atomic E-state index is 9.68. The van der Waals surface area contributed by atoms with Crippen LogP contribution in [0.5, 0.6) is 0 Å². The minimum Gasteiger partial charge on any atom is -0.394 e. The first kappa shape index (κ1) is 15.1. The molecule has 0 radical (unpaired) electrons. The van der Waals surface area contributed by atoms with Crippen molar-refractivity contribution in [2.45, 2.75) is 13.0 Å². The SMILES string of the molecule is Cc1ccc(-n2nc(N3CCOCC3CO)c3ccncc32)cc1. The van der Waals surface area contributed by atoms with Gasteiger partial charge in [0.15, 0.2) is 5.82 Å². The van der Waals surface area contributed by atoms with E-state index in [2.05, 4.69) is 41.1 Å². The summed E-state index contributed by atoms with van der Waals surface area (Å²) in [6, 6.07) is 10.2. The number of hydrogen-bond acceptors (Lipinski definition) is 5. The molecule has 1 N–H and O–H groups in total. The molecule has 1 unspecified atom stereocenters. The fourth-order valence-electron chi connectivity index (χ4n) is 3.13. The zero-order valence-corrected chi connectivity index (χ0v) is 13.6. The molecule has 3 heterocycles. The van der Waals surface area contributed by atoms with Crippen LogP contribution in [0.25, 0.3) is 16.6 Å². The van der Waals surface area contributed by atoms with Crippen molar-refractivity contribution in [2.24, 2.45) is 0 Å². The zero-order chi connectivity index (χ0) is 16.5. The van der Waals surface area contributed by atoms with E-state index in [4.69, 9.17) is 9.84 Å². The lowest BCUT2D eigenvalue weighted by Crippen LogP contribution is -2.48. The highest BCUT2D eigenvalue weighted by molar-refractivity contribution is 5.91. The number of nitrogens with zero attached hydrogens (tertiary/aromatic N) is 4. The average Bonchev–Trinajstić information content (AvgIpc) is 3.02. The summed E-state index contributed by atoms with van der Waals surface area (Å²) in [4.78, 5) is 6.40. The van der Waals surface area contributed by atoms with E-state index >= 15 is 0 Å². The Hall–Kier alpha value is -2.44. The van der Waals surface area contributed by atoms with Crippen molar-refractivity contribution in [3.05, 3.63) is 48.3 Å². The second kappa shape index (κ2) is 6.22. The molecule has 1 aliphatic heterocycles. The molecule has 0 amide bonds. The molecule has 0 bridgehead atoms. The standard InChI is InChI=1S/C18H20N4O2/c1-13-2-4-14(5-3-13)22-17-10-19-7-6-16(17)18(20-22)21-8-9-24-12-15(21)11-23/h2-7,10,15,23H,8-9,11-12H2,1H3. The summed E-state index contributed by atoms with van der Waals surface area (Å²) in [7, 11) is 0. The Morgan fingerprint density at radius 2 is 2.08 bits per heavy atom. The third kappa shape index (κ3) is 2.53. The topological polar surface area (TPSA) is 63.4 Å². The first-order valence-corrected chi connectivity index (χ1v) is 8.13. The number of benzene rings is 1. The van der Waals surface area contributed by atoms with Crippen LogP contribution in [-0.4, -0.2) is 52.3 Å². The Kier molecular flexibility index (Phi) is 3.92. The van der Waals surface area contributed by atoms with Crippen molar-refractivity contribution in [2.75, 3.05) is 31.3 Å². The van der Waals surface area contributed by atoms with Gasteiger partial charge in [-0.15, -0.1) is 5.10 Å². The number of anilines is 1. The summed E-state index contributed by atoms with van der Waals surface area (Å²) in [5, 5.41) is 15.6. The van der Waals surface area contributed by atoms with Gasteiger partial charge in [-0.05, 0) is 25.1 Å². The van der Waals surface area contributed by atoms with Crippen molar-refractivity contribution in [3.63, 3.8) is 0 Å². The number of pyridine rings is 1.